The summed E-state index contributed by atoms with van der Waals surface area (Å²) in [6, 6.07) is 8.62. The number of halogens is 2. The highest BCUT2D eigenvalue weighted by molar-refractivity contribution is 6.33. The molecule has 0 spiro atoms. The van der Waals surface area contributed by atoms with E-state index in [1.807, 2.05) is 4.90 Å². The van der Waals surface area contributed by atoms with Gasteiger partial charge in [-0.1, -0.05) is 28.3 Å². The fraction of sp³-hybridized carbons (Fsp3) is 0.222. The van der Waals surface area contributed by atoms with Gasteiger partial charge in [0.15, 0.2) is 0 Å². The van der Waals surface area contributed by atoms with Gasteiger partial charge in [0.25, 0.3) is 0 Å². The zero-order chi connectivity index (χ0) is 20.2. The van der Waals surface area contributed by atoms with Gasteiger partial charge in [-0.2, -0.15) is 0 Å². The third-order valence-electron chi connectivity index (χ3n) is 4.10. The first-order valence-corrected chi connectivity index (χ1v) is 9.50. The molecule has 1 amide bonds. The minimum absolute atomic E-state index is 0.0799. The number of anilines is 4. The minimum atomic E-state index is -0.571. The van der Waals surface area contributed by atoms with E-state index in [-0.39, 0.29) is 11.9 Å². The van der Waals surface area contributed by atoms with Crippen molar-refractivity contribution in [2.45, 2.75) is 0 Å². The summed E-state index contributed by atoms with van der Waals surface area (Å²) in [5, 5.41) is 14.1. The van der Waals surface area contributed by atoms with E-state index < -0.39 is 5.91 Å². The SMILES string of the molecule is O=C(Nc1cnc(N2CCOCC2)c(Cl)c1)c1nnc(Nc2ccc(Cl)cc2)o1. The second-order valence-electron chi connectivity index (χ2n) is 6.13. The van der Waals surface area contributed by atoms with Crippen LogP contribution in [-0.2, 0) is 4.74 Å². The van der Waals surface area contributed by atoms with Crippen LogP contribution in [0.3, 0.4) is 0 Å². The second kappa shape index (κ2) is 8.64. The Morgan fingerprint density at radius 3 is 2.55 bits per heavy atom. The lowest BCUT2D eigenvalue weighted by molar-refractivity contribution is 0.0991. The van der Waals surface area contributed by atoms with Gasteiger partial charge in [0.05, 0.1) is 30.1 Å². The van der Waals surface area contributed by atoms with E-state index in [0.29, 0.717) is 53.5 Å². The molecular formula is C18H16Cl2N6O3. The van der Waals surface area contributed by atoms with Crippen molar-refractivity contribution in [3.05, 3.63) is 52.5 Å². The summed E-state index contributed by atoms with van der Waals surface area (Å²) in [6.45, 7) is 2.67. The molecule has 1 fully saturated rings. The van der Waals surface area contributed by atoms with Gasteiger partial charge in [-0.15, -0.1) is 5.10 Å². The number of pyridine rings is 1. The molecule has 0 saturated carbocycles. The van der Waals surface area contributed by atoms with Crippen molar-refractivity contribution >= 4 is 52.3 Å². The summed E-state index contributed by atoms with van der Waals surface area (Å²) in [7, 11) is 0. The molecule has 3 heterocycles. The normalized spacial score (nSPS) is 13.9. The van der Waals surface area contributed by atoms with Gasteiger partial charge in [0.2, 0.25) is 0 Å². The van der Waals surface area contributed by atoms with E-state index >= 15 is 0 Å². The number of rotatable bonds is 5. The Kier molecular flexibility index (Phi) is 5.79. The van der Waals surface area contributed by atoms with E-state index in [2.05, 4.69) is 25.8 Å². The molecule has 11 heteroatoms. The number of morpholine rings is 1. The fourth-order valence-corrected chi connectivity index (χ4v) is 3.13. The Bertz CT molecular complexity index is 1010. The van der Waals surface area contributed by atoms with Gasteiger partial charge in [-0.3, -0.25) is 4.79 Å². The molecule has 9 nitrogen and oxygen atoms in total. The number of ether oxygens (including phenoxy) is 1. The Balaban J connectivity index is 1.41. The predicted molar refractivity (Wildman–Crippen MR) is 109 cm³/mol. The lowest BCUT2D eigenvalue weighted by atomic mass is 10.3. The molecule has 1 aromatic carbocycles. The van der Waals surface area contributed by atoms with E-state index in [1.165, 1.54) is 6.20 Å². The largest absolute Gasteiger partial charge is 0.399 e. The lowest BCUT2D eigenvalue weighted by Crippen LogP contribution is -2.36. The van der Waals surface area contributed by atoms with Crippen LogP contribution in [0, 0.1) is 0 Å². The van der Waals surface area contributed by atoms with Gasteiger partial charge in [0.1, 0.15) is 5.82 Å². The maximum atomic E-state index is 12.4. The van der Waals surface area contributed by atoms with Crippen molar-refractivity contribution < 1.29 is 13.9 Å². The zero-order valence-electron chi connectivity index (χ0n) is 15.1. The average molecular weight is 435 g/mol. The minimum Gasteiger partial charge on any atom is -0.399 e. The first-order chi connectivity index (χ1) is 14.1. The summed E-state index contributed by atoms with van der Waals surface area (Å²) in [4.78, 5) is 18.8. The Morgan fingerprint density at radius 2 is 1.83 bits per heavy atom. The van der Waals surface area contributed by atoms with E-state index in [4.69, 9.17) is 32.4 Å². The fourth-order valence-electron chi connectivity index (χ4n) is 2.71. The number of carbonyl (C=O) groups excluding carboxylic acids is 1. The summed E-state index contributed by atoms with van der Waals surface area (Å²) >= 11 is 12.2. The smallest absolute Gasteiger partial charge is 0.320 e. The first kappa shape index (κ1) is 19.4. The number of nitrogens with one attached hydrogen (secondary N) is 2. The summed E-state index contributed by atoms with van der Waals surface area (Å²) in [5.74, 6) is -0.117. The van der Waals surface area contributed by atoms with Gasteiger partial charge < -0.3 is 24.7 Å². The highest BCUT2D eigenvalue weighted by atomic mass is 35.5. The summed E-state index contributed by atoms with van der Waals surface area (Å²) in [5.41, 5.74) is 1.11. The van der Waals surface area contributed by atoms with E-state index in [9.17, 15) is 4.79 Å². The van der Waals surface area contributed by atoms with Crippen molar-refractivity contribution in [2.75, 3.05) is 41.8 Å². The quantitative estimate of drug-likeness (QED) is 0.627. The second-order valence-corrected chi connectivity index (χ2v) is 6.97. The van der Waals surface area contributed by atoms with Crippen LogP contribution in [0.2, 0.25) is 10.0 Å². The topological polar surface area (TPSA) is 105 Å². The molecule has 0 aliphatic carbocycles. The van der Waals surface area contributed by atoms with Crippen LogP contribution in [0.5, 0.6) is 0 Å². The van der Waals surface area contributed by atoms with Crippen LogP contribution in [-0.4, -0.2) is 47.4 Å². The van der Waals surface area contributed by atoms with Crippen molar-refractivity contribution in [2.24, 2.45) is 0 Å². The number of aromatic nitrogens is 3. The molecule has 4 rings (SSSR count). The molecule has 1 saturated heterocycles. The van der Waals surface area contributed by atoms with Crippen LogP contribution in [0.1, 0.15) is 10.7 Å². The molecule has 3 aromatic rings. The summed E-state index contributed by atoms with van der Waals surface area (Å²) in [6.07, 6.45) is 1.53. The van der Waals surface area contributed by atoms with E-state index in [1.54, 1.807) is 30.3 Å². The number of hydrogen-bond acceptors (Lipinski definition) is 8. The maximum Gasteiger partial charge on any atom is 0.320 e. The van der Waals surface area contributed by atoms with E-state index in [0.717, 1.165) is 0 Å². The molecule has 2 aromatic heterocycles. The van der Waals surface area contributed by atoms with Crippen molar-refractivity contribution in [3.8, 4) is 0 Å². The Morgan fingerprint density at radius 1 is 1.07 bits per heavy atom. The van der Waals surface area contributed by atoms with Crippen LogP contribution < -0.4 is 15.5 Å². The number of amides is 1. The molecule has 2 N–H and O–H groups in total. The molecule has 150 valence electrons. The monoisotopic (exact) mass is 434 g/mol. The maximum absolute atomic E-state index is 12.4. The molecule has 1 aliphatic rings. The molecule has 0 atom stereocenters. The van der Waals surface area contributed by atoms with Gasteiger partial charge in [-0.25, -0.2) is 4.98 Å². The number of nitrogens with zero attached hydrogens (tertiary/aromatic N) is 4. The van der Waals surface area contributed by atoms with Crippen molar-refractivity contribution in [1.29, 1.82) is 0 Å². The average Bonchev–Trinajstić information content (AvgIpc) is 3.19. The van der Waals surface area contributed by atoms with Crippen LogP contribution >= 0.6 is 23.2 Å². The van der Waals surface area contributed by atoms with Crippen molar-refractivity contribution in [3.63, 3.8) is 0 Å². The molecule has 29 heavy (non-hydrogen) atoms. The summed E-state index contributed by atoms with van der Waals surface area (Å²) < 4.78 is 10.7. The number of benzene rings is 1. The number of carbonyl (C=O) groups is 1. The van der Waals surface area contributed by atoms with Crippen molar-refractivity contribution in [1.82, 2.24) is 15.2 Å². The Labute approximate surface area is 176 Å². The first-order valence-electron chi connectivity index (χ1n) is 8.74. The number of hydrogen-bond donors (Lipinski definition) is 2. The Hall–Kier alpha value is -2.88. The highest BCUT2D eigenvalue weighted by Crippen LogP contribution is 2.27. The highest BCUT2D eigenvalue weighted by Gasteiger charge is 2.18. The molecule has 1 aliphatic heterocycles. The molecule has 0 radical (unpaired) electrons. The zero-order valence-corrected chi connectivity index (χ0v) is 16.6. The van der Waals surface area contributed by atoms with Gasteiger partial charge >= 0.3 is 17.8 Å². The van der Waals surface area contributed by atoms with Gasteiger partial charge in [-0.05, 0) is 30.3 Å². The third kappa shape index (κ3) is 4.76. The third-order valence-corrected chi connectivity index (χ3v) is 4.64. The molecule has 0 bridgehead atoms. The molecule has 0 unspecified atom stereocenters. The van der Waals surface area contributed by atoms with Crippen LogP contribution in [0.4, 0.5) is 23.2 Å². The molecular weight excluding hydrogens is 419 g/mol. The van der Waals surface area contributed by atoms with Crippen LogP contribution in [0.25, 0.3) is 0 Å². The predicted octanol–water partition coefficient (Wildman–Crippen LogP) is 3.60. The standard InChI is InChI=1S/C18H16Cl2N6O3/c19-11-1-3-12(4-2-11)23-18-25-24-17(29-18)16(27)22-13-9-14(20)15(21-10-13)26-5-7-28-8-6-26/h1-4,9-10H,5-8H2,(H,22,27)(H,23,25). The van der Waals surface area contributed by atoms with Gasteiger partial charge in [0, 0.05) is 23.8 Å². The lowest BCUT2D eigenvalue weighted by Gasteiger charge is -2.28. The van der Waals surface area contributed by atoms with Crippen LogP contribution in [0.15, 0.2) is 40.9 Å².